The van der Waals surface area contributed by atoms with Crippen LogP contribution in [0.25, 0.3) is 5.69 Å². The molecular formula is C24H33N5O4S. The van der Waals surface area contributed by atoms with Gasteiger partial charge in [0.15, 0.2) is 0 Å². The van der Waals surface area contributed by atoms with E-state index in [0.717, 1.165) is 24.8 Å². The number of anilines is 1. The van der Waals surface area contributed by atoms with Crippen molar-refractivity contribution in [3.63, 3.8) is 0 Å². The average molecular weight is 488 g/mol. The molecule has 1 aromatic heterocycles. The third kappa shape index (κ3) is 6.34. The van der Waals surface area contributed by atoms with Gasteiger partial charge in [-0.1, -0.05) is 24.3 Å². The first-order valence-corrected chi connectivity index (χ1v) is 12.8. The Balaban J connectivity index is 1.84. The van der Waals surface area contributed by atoms with Gasteiger partial charge < -0.3 is 9.64 Å². The van der Waals surface area contributed by atoms with E-state index in [4.69, 9.17) is 4.74 Å². The van der Waals surface area contributed by atoms with Crippen LogP contribution in [0.2, 0.25) is 0 Å². The number of hydrogen-bond acceptors (Lipinski definition) is 6. The number of nitrogens with one attached hydrogen (secondary N) is 1. The van der Waals surface area contributed by atoms with E-state index in [9.17, 15) is 13.2 Å². The van der Waals surface area contributed by atoms with Crippen molar-refractivity contribution in [2.45, 2.75) is 26.2 Å². The molecule has 9 nitrogen and oxygen atoms in total. The van der Waals surface area contributed by atoms with Crippen LogP contribution in [0, 0.1) is 6.92 Å². The molecule has 1 saturated heterocycles. The fourth-order valence-electron chi connectivity index (χ4n) is 3.72. The maximum Gasteiger partial charge on any atom is 0.316 e. The number of aromatic nitrogens is 2. The molecule has 1 N–H and O–H groups in total. The molecule has 184 valence electrons. The van der Waals surface area contributed by atoms with Crippen molar-refractivity contribution in [2.75, 3.05) is 44.2 Å². The highest BCUT2D eigenvalue weighted by atomic mass is 32.2. The van der Waals surface area contributed by atoms with E-state index in [1.807, 2.05) is 42.2 Å². The van der Waals surface area contributed by atoms with Crippen LogP contribution < -0.4 is 19.9 Å². The monoisotopic (exact) mass is 487 g/mol. The zero-order valence-electron chi connectivity index (χ0n) is 19.6. The molecule has 1 aliphatic heterocycles. The van der Waals surface area contributed by atoms with Gasteiger partial charge in [-0.15, -0.1) is 13.2 Å². The summed E-state index contributed by atoms with van der Waals surface area (Å²) in [7, 11) is -3.57. The SMILES string of the molecule is C=CCCCCOc1c(N2CCN(S(=O)(=O)NCC=C)CC2)cnn(-c2cccc(C)c2)c1=O. The molecule has 0 unspecified atom stereocenters. The standard InChI is InChI=1S/C24H33N5O4S/c1-4-6-7-8-17-33-23-22(19-25-29(24(23)30)21-11-9-10-20(3)18-21)27-13-15-28(16-14-27)34(31,32)26-12-5-2/h4-5,9-11,18-19,26H,1-2,6-8,12-17H2,3H3. The summed E-state index contributed by atoms with van der Waals surface area (Å²) in [4.78, 5) is 15.4. The Labute approximate surface area is 201 Å². The predicted molar refractivity (Wildman–Crippen MR) is 135 cm³/mol. The van der Waals surface area contributed by atoms with Gasteiger partial charge in [0.2, 0.25) is 5.75 Å². The fraction of sp³-hybridized carbons (Fsp3) is 0.417. The van der Waals surface area contributed by atoms with Crippen molar-refractivity contribution < 1.29 is 13.2 Å². The Kier molecular flexibility index (Phi) is 9.03. The summed E-state index contributed by atoms with van der Waals surface area (Å²) in [5, 5.41) is 4.41. The maximum atomic E-state index is 13.4. The smallest absolute Gasteiger partial charge is 0.316 e. The van der Waals surface area contributed by atoms with E-state index < -0.39 is 10.2 Å². The first-order valence-electron chi connectivity index (χ1n) is 11.4. The number of nitrogens with zero attached hydrogens (tertiary/aromatic N) is 4. The molecule has 1 aromatic carbocycles. The van der Waals surface area contributed by atoms with Crippen LogP contribution in [-0.2, 0) is 10.2 Å². The van der Waals surface area contributed by atoms with E-state index in [0.29, 0.717) is 31.1 Å². The maximum absolute atomic E-state index is 13.4. The summed E-state index contributed by atoms with van der Waals surface area (Å²) in [6.07, 6.45) is 7.59. The molecule has 10 heteroatoms. The minimum atomic E-state index is -3.57. The first-order chi connectivity index (χ1) is 16.4. The van der Waals surface area contributed by atoms with Gasteiger partial charge in [0.05, 0.1) is 18.5 Å². The molecule has 0 atom stereocenters. The van der Waals surface area contributed by atoms with E-state index in [1.165, 1.54) is 15.1 Å². The van der Waals surface area contributed by atoms with Crippen molar-refractivity contribution in [3.05, 3.63) is 71.7 Å². The molecule has 34 heavy (non-hydrogen) atoms. The number of ether oxygens (including phenoxy) is 1. The van der Waals surface area contributed by atoms with E-state index >= 15 is 0 Å². The number of rotatable bonds is 12. The third-order valence-corrected chi connectivity index (χ3v) is 7.12. The molecular weight excluding hydrogens is 454 g/mol. The number of allylic oxidation sites excluding steroid dienone is 1. The molecule has 2 aromatic rings. The lowest BCUT2D eigenvalue weighted by atomic mass is 10.2. The molecule has 2 heterocycles. The largest absolute Gasteiger partial charge is 0.486 e. The fourth-order valence-corrected chi connectivity index (χ4v) is 4.88. The Morgan fingerprint density at radius 1 is 1.15 bits per heavy atom. The second-order valence-corrected chi connectivity index (χ2v) is 9.83. The van der Waals surface area contributed by atoms with Crippen molar-refractivity contribution in [1.29, 1.82) is 0 Å². The zero-order chi connectivity index (χ0) is 24.6. The lowest BCUT2D eigenvalue weighted by Crippen LogP contribution is -2.52. The van der Waals surface area contributed by atoms with Gasteiger partial charge in [0.1, 0.15) is 5.69 Å². The average Bonchev–Trinajstić information content (AvgIpc) is 2.83. The normalized spacial score (nSPS) is 14.7. The topological polar surface area (TPSA) is 96.8 Å². The second-order valence-electron chi connectivity index (χ2n) is 8.08. The van der Waals surface area contributed by atoms with E-state index in [1.54, 1.807) is 6.20 Å². The molecule has 0 radical (unpaired) electrons. The van der Waals surface area contributed by atoms with Crippen LogP contribution in [0.1, 0.15) is 24.8 Å². The van der Waals surface area contributed by atoms with E-state index in [2.05, 4.69) is 23.0 Å². The number of aryl methyl sites for hydroxylation is 1. The summed E-state index contributed by atoms with van der Waals surface area (Å²) in [6, 6.07) is 7.55. The van der Waals surface area contributed by atoms with Crippen LogP contribution >= 0.6 is 0 Å². The number of piperazine rings is 1. The quantitative estimate of drug-likeness (QED) is 0.365. The minimum Gasteiger partial charge on any atom is -0.486 e. The molecule has 0 spiro atoms. The third-order valence-electron chi connectivity index (χ3n) is 5.54. The Morgan fingerprint density at radius 2 is 1.91 bits per heavy atom. The molecule has 3 rings (SSSR count). The lowest BCUT2D eigenvalue weighted by Gasteiger charge is -2.35. The Hall–Kier alpha value is -2.95. The Bertz CT molecular complexity index is 1150. The van der Waals surface area contributed by atoms with Crippen molar-refractivity contribution in [3.8, 4) is 11.4 Å². The predicted octanol–water partition coefficient (Wildman–Crippen LogP) is 2.42. The molecule has 0 amide bonds. The molecule has 0 saturated carbocycles. The van der Waals surface area contributed by atoms with Gasteiger partial charge in [0.25, 0.3) is 10.2 Å². The number of hydrogen-bond donors (Lipinski definition) is 1. The van der Waals surface area contributed by atoms with Gasteiger partial charge in [-0.2, -0.15) is 27.2 Å². The van der Waals surface area contributed by atoms with Gasteiger partial charge in [-0.25, -0.2) is 0 Å². The van der Waals surface area contributed by atoms with Crippen LogP contribution in [0.15, 0.2) is 60.6 Å². The van der Waals surface area contributed by atoms with Crippen LogP contribution in [0.4, 0.5) is 5.69 Å². The zero-order valence-corrected chi connectivity index (χ0v) is 20.5. The summed E-state index contributed by atoms with van der Waals surface area (Å²) in [6.45, 7) is 11.2. The molecule has 0 bridgehead atoms. The van der Waals surface area contributed by atoms with Crippen LogP contribution in [0.3, 0.4) is 0 Å². The van der Waals surface area contributed by atoms with Crippen molar-refractivity contribution in [2.24, 2.45) is 0 Å². The summed E-state index contributed by atoms with van der Waals surface area (Å²) in [5.74, 6) is 0.233. The second kappa shape index (κ2) is 12.0. The highest BCUT2D eigenvalue weighted by Gasteiger charge is 2.29. The van der Waals surface area contributed by atoms with Crippen LogP contribution in [0.5, 0.6) is 5.75 Å². The molecule has 1 aliphatic rings. The van der Waals surface area contributed by atoms with Gasteiger partial charge in [-0.05, 0) is 43.9 Å². The summed E-state index contributed by atoms with van der Waals surface area (Å²) >= 11 is 0. The van der Waals surface area contributed by atoms with Gasteiger partial charge >= 0.3 is 5.56 Å². The number of benzene rings is 1. The highest BCUT2D eigenvalue weighted by Crippen LogP contribution is 2.26. The van der Waals surface area contributed by atoms with Crippen LogP contribution in [-0.4, -0.2) is 61.8 Å². The van der Waals surface area contributed by atoms with Crippen molar-refractivity contribution >= 4 is 15.9 Å². The summed E-state index contributed by atoms with van der Waals surface area (Å²) < 4.78 is 36.1. The minimum absolute atomic E-state index is 0.174. The van der Waals surface area contributed by atoms with Gasteiger partial charge in [-0.3, -0.25) is 4.79 Å². The van der Waals surface area contributed by atoms with E-state index in [-0.39, 0.29) is 30.9 Å². The van der Waals surface area contributed by atoms with Gasteiger partial charge in [0, 0.05) is 32.7 Å². The molecule has 1 fully saturated rings. The lowest BCUT2D eigenvalue weighted by molar-refractivity contribution is 0.299. The highest BCUT2D eigenvalue weighted by molar-refractivity contribution is 7.87. The van der Waals surface area contributed by atoms with Crippen molar-refractivity contribution in [1.82, 2.24) is 18.8 Å². The first kappa shape index (κ1) is 25.7. The summed E-state index contributed by atoms with van der Waals surface area (Å²) in [5.41, 5.74) is 1.92. The molecule has 0 aliphatic carbocycles. The Morgan fingerprint density at radius 3 is 2.59 bits per heavy atom. The number of unbranched alkanes of at least 4 members (excludes halogenated alkanes) is 2.